The lowest BCUT2D eigenvalue weighted by Crippen LogP contribution is -2.02. The maximum absolute atomic E-state index is 11.9. The first-order valence-electron chi connectivity index (χ1n) is 7.31. The molecule has 0 spiro atoms. The van der Waals surface area contributed by atoms with Crippen molar-refractivity contribution in [3.63, 3.8) is 0 Å². The number of hydrogen-bond donors (Lipinski definition) is 0. The minimum atomic E-state index is 0.339. The standard InChI is InChI=1S/C18H22O2/c1-3-4-5-6-17(19)12-14-7-8-16-13-18(20-2)10-9-15(16)11-14/h7-11,13H,3-6,12H2,1-2H3. The lowest BCUT2D eigenvalue weighted by molar-refractivity contribution is -0.118. The summed E-state index contributed by atoms with van der Waals surface area (Å²) in [5, 5.41) is 2.30. The van der Waals surface area contributed by atoms with Crippen molar-refractivity contribution in [1.82, 2.24) is 0 Å². The number of ether oxygens (including phenoxy) is 1. The zero-order valence-electron chi connectivity index (χ0n) is 12.3. The van der Waals surface area contributed by atoms with Crippen molar-refractivity contribution in [2.24, 2.45) is 0 Å². The molecule has 0 heterocycles. The topological polar surface area (TPSA) is 26.3 Å². The van der Waals surface area contributed by atoms with Gasteiger partial charge in [0.2, 0.25) is 0 Å². The van der Waals surface area contributed by atoms with E-state index < -0.39 is 0 Å². The molecule has 0 fully saturated rings. The van der Waals surface area contributed by atoms with E-state index in [1.807, 2.05) is 24.3 Å². The van der Waals surface area contributed by atoms with Crippen LogP contribution in [0.2, 0.25) is 0 Å². The Morgan fingerprint density at radius 1 is 1.05 bits per heavy atom. The van der Waals surface area contributed by atoms with E-state index in [0.29, 0.717) is 18.6 Å². The third kappa shape index (κ3) is 3.83. The van der Waals surface area contributed by atoms with Crippen LogP contribution in [0, 0.1) is 0 Å². The molecule has 2 aromatic carbocycles. The number of carbonyl (C=O) groups excluding carboxylic acids is 1. The van der Waals surface area contributed by atoms with Gasteiger partial charge in [-0.25, -0.2) is 0 Å². The molecule has 0 atom stereocenters. The third-order valence-corrected chi connectivity index (χ3v) is 3.57. The Morgan fingerprint density at radius 2 is 1.80 bits per heavy atom. The molecule has 2 heteroatoms. The molecule has 0 unspecified atom stereocenters. The molecule has 0 aromatic heterocycles. The molecule has 2 nitrogen and oxygen atoms in total. The molecule has 0 bridgehead atoms. The lowest BCUT2D eigenvalue weighted by atomic mass is 10.0. The molecule has 0 aliphatic carbocycles. The molecular formula is C18H22O2. The summed E-state index contributed by atoms with van der Waals surface area (Å²) in [5.41, 5.74) is 1.10. The number of fused-ring (bicyclic) bond motifs is 1. The second-order valence-electron chi connectivity index (χ2n) is 5.22. The Labute approximate surface area is 120 Å². The second kappa shape index (κ2) is 7.09. The predicted molar refractivity (Wildman–Crippen MR) is 83.4 cm³/mol. The van der Waals surface area contributed by atoms with E-state index in [2.05, 4.69) is 19.1 Å². The fourth-order valence-electron chi connectivity index (χ4n) is 2.40. The van der Waals surface area contributed by atoms with Gasteiger partial charge in [0.05, 0.1) is 7.11 Å². The van der Waals surface area contributed by atoms with Gasteiger partial charge in [0, 0.05) is 12.8 Å². The highest BCUT2D eigenvalue weighted by Crippen LogP contribution is 2.22. The second-order valence-corrected chi connectivity index (χ2v) is 5.22. The van der Waals surface area contributed by atoms with Crippen molar-refractivity contribution >= 4 is 16.6 Å². The first kappa shape index (κ1) is 14.6. The van der Waals surface area contributed by atoms with E-state index in [-0.39, 0.29) is 0 Å². The SMILES string of the molecule is CCCCCC(=O)Cc1ccc2cc(OC)ccc2c1. The number of methoxy groups -OCH3 is 1. The summed E-state index contributed by atoms with van der Waals surface area (Å²) < 4.78 is 5.22. The van der Waals surface area contributed by atoms with Crippen LogP contribution in [0.1, 0.15) is 38.2 Å². The van der Waals surface area contributed by atoms with Gasteiger partial charge in [-0.2, -0.15) is 0 Å². The summed E-state index contributed by atoms with van der Waals surface area (Å²) >= 11 is 0. The molecule has 0 saturated carbocycles. The molecule has 2 rings (SSSR count). The minimum Gasteiger partial charge on any atom is -0.497 e. The van der Waals surface area contributed by atoms with E-state index in [1.165, 1.54) is 0 Å². The highest BCUT2D eigenvalue weighted by Gasteiger charge is 2.05. The van der Waals surface area contributed by atoms with Crippen LogP contribution in [0.5, 0.6) is 5.75 Å². The van der Waals surface area contributed by atoms with Crippen LogP contribution in [0.15, 0.2) is 36.4 Å². The van der Waals surface area contributed by atoms with Crippen LogP contribution in [0.3, 0.4) is 0 Å². The summed E-state index contributed by atoms with van der Waals surface area (Å²) in [6, 6.07) is 12.2. The predicted octanol–water partition coefficient (Wildman–Crippen LogP) is 4.54. The Morgan fingerprint density at radius 3 is 2.55 bits per heavy atom. The summed E-state index contributed by atoms with van der Waals surface area (Å²) in [6.45, 7) is 2.15. The van der Waals surface area contributed by atoms with Gasteiger partial charge in [0.1, 0.15) is 11.5 Å². The van der Waals surface area contributed by atoms with E-state index in [4.69, 9.17) is 4.74 Å². The third-order valence-electron chi connectivity index (χ3n) is 3.57. The van der Waals surface area contributed by atoms with Crippen LogP contribution in [-0.2, 0) is 11.2 Å². The van der Waals surface area contributed by atoms with Gasteiger partial charge in [-0.05, 0) is 34.9 Å². The van der Waals surface area contributed by atoms with Gasteiger partial charge in [-0.3, -0.25) is 4.79 Å². The first-order valence-corrected chi connectivity index (χ1v) is 7.31. The van der Waals surface area contributed by atoms with Gasteiger partial charge in [-0.15, -0.1) is 0 Å². The lowest BCUT2D eigenvalue weighted by Gasteiger charge is -2.05. The maximum atomic E-state index is 11.9. The number of hydrogen-bond acceptors (Lipinski definition) is 2. The van der Waals surface area contributed by atoms with Gasteiger partial charge >= 0.3 is 0 Å². The number of carbonyl (C=O) groups is 1. The van der Waals surface area contributed by atoms with Crippen molar-refractivity contribution in [1.29, 1.82) is 0 Å². The fraction of sp³-hybridized carbons (Fsp3) is 0.389. The number of Topliss-reactive ketones (excluding diaryl/α,β-unsaturated/α-hetero) is 1. The Hall–Kier alpha value is -1.83. The van der Waals surface area contributed by atoms with Crippen molar-refractivity contribution in [2.45, 2.75) is 39.0 Å². The fourth-order valence-corrected chi connectivity index (χ4v) is 2.40. The molecule has 0 aliphatic rings. The summed E-state index contributed by atoms with van der Waals surface area (Å²) in [7, 11) is 1.67. The monoisotopic (exact) mass is 270 g/mol. The average molecular weight is 270 g/mol. The van der Waals surface area contributed by atoms with Crippen molar-refractivity contribution in [3.05, 3.63) is 42.0 Å². The molecule has 106 valence electrons. The number of unbranched alkanes of at least 4 members (excludes halogenated alkanes) is 2. The molecule has 0 amide bonds. The summed E-state index contributed by atoms with van der Waals surface area (Å²) in [5.74, 6) is 1.20. The van der Waals surface area contributed by atoms with Crippen molar-refractivity contribution in [3.8, 4) is 5.75 Å². The molecule has 20 heavy (non-hydrogen) atoms. The summed E-state index contributed by atoms with van der Waals surface area (Å²) in [4.78, 5) is 11.9. The van der Waals surface area contributed by atoms with Crippen molar-refractivity contribution in [2.75, 3.05) is 7.11 Å². The van der Waals surface area contributed by atoms with Crippen LogP contribution < -0.4 is 4.74 Å². The van der Waals surface area contributed by atoms with Gasteiger partial charge in [0.15, 0.2) is 0 Å². The van der Waals surface area contributed by atoms with E-state index in [9.17, 15) is 4.79 Å². The van der Waals surface area contributed by atoms with Crippen LogP contribution in [0.4, 0.5) is 0 Å². The molecular weight excluding hydrogens is 248 g/mol. The number of benzene rings is 2. The van der Waals surface area contributed by atoms with Crippen LogP contribution in [-0.4, -0.2) is 12.9 Å². The summed E-state index contributed by atoms with van der Waals surface area (Å²) in [6.07, 6.45) is 4.56. The largest absolute Gasteiger partial charge is 0.497 e. The quantitative estimate of drug-likeness (QED) is 0.690. The molecule has 0 aliphatic heterocycles. The normalized spacial score (nSPS) is 10.7. The van der Waals surface area contributed by atoms with Crippen LogP contribution >= 0.6 is 0 Å². The zero-order valence-corrected chi connectivity index (χ0v) is 12.3. The zero-order chi connectivity index (χ0) is 14.4. The number of ketones is 1. The van der Waals surface area contributed by atoms with Crippen LogP contribution in [0.25, 0.3) is 10.8 Å². The Balaban J connectivity index is 2.06. The van der Waals surface area contributed by atoms with Gasteiger partial charge in [-0.1, -0.05) is 44.0 Å². The van der Waals surface area contributed by atoms with E-state index in [1.54, 1.807) is 7.11 Å². The highest BCUT2D eigenvalue weighted by molar-refractivity contribution is 5.87. The Bertz CT molecular complexity index is 587. The molecule has 0 saturated heterocycles. The van der Waals surface area contributed by atoms with E-state index in [0.717, 1.165) is 41.3 Å². The van der Waals surface area contributed by atoms with Gasteiger partial charge in [0.25, 0.3) is 0 Å². The van der Waals surface area contributed by atoms with Crippen molar-refractivity contribution < 1.29 is 9.53 Å². The first-order chi connectivity index (χ1) is 9.72. The molecule has 0 radical (unpaired) electrons. The Kier molecular flexibility index (Phi) is 5.16. The maximum Gasteiger partial charge on any atom is 0.137 e. The minimum absolute atomic E-state index is 0.339. The van der Waals surface area contributed by atoms with Gasteiger partial charge < -0.3 is 4.74 Å². The molecule has 2 aromatic rings. The number of rotatable bonds is 7. The smallest absolute Gasteiger partial charge is 0.137 e. The highest BCUT2D eigenvalue weighted by atomic mass is 16.5. The average Bonchev–Trinajstić information content (AvgIpc) is 2.47. The molecule has 0 N–H and O–H groups in total. The van der Waals surface area contributed by atoms with E-state index >= 15 is 0 Å².